The lowest BCUT2D eigenvalue weighted by Gasteiger charge is -2.13. The Morgan fingerprint density at radius 1 is 1.45 bits per heavy atom. The molecule has 1 aromatic carbocycles. The first kappa shape index (κ1) is 14.9. The van der Waals surface area contributed by atoms with Crippen molar-refractivity contribution in [2.45, 2.75) is 45.1 Å². The van der Waals surface area contributed by atoms with Crippen LogP contribution in [0.4, 0.5) is 5.69 Å². The van der Waals surface area contributed by atoms with E-state index in [0.29, 0.717) is 19.1 Å². The van der Waals surface area contributed by atoms with Crippen LogP contribution in [0.3, 0.4) is 0 Å². The number of hydrogen-bond acceptors (Lipinski definition) is 3. The Kier molecular flexibility index (Phi) is 5.87. The molecule has 4 nitrogen and oxygen atoms in total. The van der Waals surface area contributed by atoms with Gasteiger partial charge in [-0.15, -0.1) is 0 Å². The van der Waals surface area contributed by atoms with Gasteiger partial charge in [-0.3, -0.25) is 4.79 Å². The van der Waals surface area contributed by atoms with E-state index in [0.717, 1.165) is 30.8 Å². The maximum Gasteiger partial charge on any atom is 0.224 e. The van der Waals surface area contributed by atoms with Crippen LogP contribution in [0.2, 0.25) is 0 Å². The average Bonchev–Trinajstić information content (AvgIpc) is 2.97. The Morgan fingerprint density at radius 2 is 2.30 bits per heavy atom. The molecule has 110 valence electrons. The molecular formula is C16H24N2O2. The van der Waals surface area contributed by atoms with Gasteiger partial charge in [-0.1, -0.05) is 19.1 Å². The lowest BCUT2D eigenvalue weighted by molar-refractivity contribution is -0.116. The number of amides is 1. The second-order valence-electron chi connectivity index (χ2n) is 5.22. The monoisotopic (exact) mass is 276 g/mol. The summed E-state index contributed by atoms with van der Waals surface area (Å²) in [6, 6.07) is 8.11. The Labute approximate surface area is 120 Å². The van der Waals surface area contributed by atoms with Gasteiger partial charge in [-0.05, 0) is 44.4 Å². The number of nitrogens with one attached hydrogen (secondary N) is 2. The molecule has 1 atom stereocenters. The van der Waals surface area contributed by atoms with Crippen molar-refractivity contribution >= 4 is 11.6 Å². The summed E-state index contributed by atoms with van der Waals surface area (Å²) >= 11 is 0. The highest BCUT2D eigenvalue weighted by Crippen LogP contribution is 2.24. The number of para-hydroxylation sites is 2. The summed E-state index contributed by atoms with van der Waals surface area (Å²) in [4.78, 5) is 12.0. The zero-order valence-corrected chi connectivity index (χ0v) is 12.2. The molecule has 2 N–H and O–H groups in total. The summed E-state index contributed by atoms with van der Waals surface area (Å²) in [6.45, 7) is 3.81. The van der Waals surface area contributed by atoms with Crippen LogP contribution in [0.15, 0.2) is 24.3 Å². The largest absolute Gasteiger partial charge is 0.491 e. The highest BCUT2D eigenvalue weighted by molar-refractivity contribution is 5.92. The van der Waals surface area contributed by atoms with Crippen molar-refractivity contribution in [2.75, 3.05) is 18.5 Å². The average molecular weight is 276 g/mol. The zero-order chi connectivity index (χ0) is 14.2. The molecule has 1 aliphatic heterocycles. The van der Waals surface area contributed by atoms with Gasteiger partial charge in [-0.2, -0.15) is 0 Å². The van der Waals surface area contributed by atoms with E-state index in [-0.39, 0.29) is 5.91 Å². The molecule has 0 aromatic heterocycles. The van der Waals surface area contributed by atoms with Crippen LogP contribution in [-0.2, 0) is 4.79 Å². The molecule has 1 aliphatic rings. The van der Waals surface area contributed by atoms with Crippen molar-refractivity contribution in [3.63, 3.8) is 0 Å². The van der Waals surface area contributed by atoms with Gasteiger partial charge in [-0.25, -0.2) is 0 Å². The molecule has 20 heavy (non-hydrogen) atoms. The third-order valence-electron chi connectivity index (χ3n) is 3.51. The predicted octanol–water partition coefficient (Wildman–Crippen LogP) is 2.95. The molecule has 0 bridgehead atoms. The maximum atomic E-state index is 12.0. The molecule has 1 fully saturated rings. The SMILES string of the molecule is CCCOc1ccccc1NC(=O)CCC1CCCN1. The van der Waals surface area contributed by atoms with Gasteiger partial charge in [0.2, 0.25) is 5.91 Å². The Balaban J connectivity index is 1.83. The highest BCUT2D eigenvalue weighted by Gasteiger charge is 2.15. The molecule has 1 amide bonds. The second-order valence-corrected chi connectivity index (χ2v) is 5.22. The molecule has 0 aliphatic carbocycles. The van der Waals surface area contributed by atoms with Crippen LogP contribution < -0.4 is 15.4 Å². The first-order chi connectivity index (χ1) is 9.79. The normalized spacial score (nSPS) is 17.9. The van der Waals surface area contributed by atoms with Gasteiger partial charge in [0.15, 0.2) is 0 Å². The number of rotatable bonds is 7. The molecule has 1 unspecified atom stereocenters. The number of carbonyl (C=O) groups is 1. The first-order valence-corrected chi connectivity index (χ1v) is 7.54. The minimum absolute atomic E-state index is 0.0613. The second kappa shape index (κ2) is 7.90. The molecule has 1 heterocycles. The van der Waals surface area contributed by atoms with Gasteiger partial charge < -0.3 is 15.4 Å². The third-order valence-corrected chi connectivity index (χ3v) is 3.51. The lowest BCUT2D eigenvalue weighted by Crippen LogP contribution is -2.23. The third kappa shape index (κ3) is 4.53. The van der Waals surface area contributed by atoms with Crippen LogP contribution in [0.1, 0.15) is 39.0 Å². The first-order valence-electron chi connectivity index (χ1n) is 7.54. The van der Waals surface area contributed by atoms with Crippen LogP contribution in [0.25, 0.3) is 0 Å². The van der Waals surface area contributed by atoms with E-state index in [1.807, 2.05) is 24.3 Å². The van der Waals surface area contributed by atoms with Crippen molar-refractivity contribution in [1.82, 2.24) is 5.32 Å². The topological polar surface area (TPSA) is 50.4 Å². The van der Waals surface area contributed by atoms with Gasteiger partial charge in [0, 0.05) is 12.5 Å². The summed E-state index contributed by atoms with van der Waals surface area (Å²) < 4.78 is 5.64. The molecule has 1 aromatic rings. The zero-order valence-electron chi connectivity index (χ0n) is 12.2. The molecule has 1 saturated heterocycles. The van der Waals surface area contributed by atoms with Crippen LogP contribution in [0, 0.1) is 0 Å². The summed E-state index contributed by atoms with van der Waals surface area (Å²) in [5.41, 5.74) is 0.769. The van der Waals surface area contributed by atoms with Gasteiger partial charge >= 0.3 is 0 Å². The molecule has 0 spiro atoms. The van der Waals surface area contributed by atoms with Gasteiger partial charge in [0.25, 0.3) is 0 Å². The Morgan fingerprint density at radius 3 is 3.05 bits per heavy atom. The van der Waals surface area contributed by atoms with Crippen molar-refractivity contribution in [3.8, 4) is 5.75 Å². The molecule has 0 saturated carbocycles. The highest BCUT2D eigenvalue weighted by atomic mass is 16.5. The molecule has 4 heteroatoms. The van der Waals surface area contributed by atoms with E-state index >= 15 is 0 Å². The van der Waals surface area contributed by atoms with Crippen molar-refractivity contribution < 1.29 is 9.53 Å². The van der Waals surface area contributed by atoms with Gasteiger partial charge in [0.1, 0.15) is 5.75 Å². The number of hydrogen-bond donors (Lipinski definition) is 2. The van der Waals surface area contributed by atoms with Crippen molar-refractivity contribution in [3.05, 3.63) is 24.3 Å². The van der Waals surface area contributed by atoms with E-state index in [4.69, 9.17) is 4.74 Å². The lowest BCUT2D eigenvalue weighted by atomic mass is 10.1. The number of ether oxygens (including phenoxy) is 1. The molecular weight excluding hydrogens is 252 g/mol. The standard InChI is InChI=1S/C16H24N2O2/c1-2-12-20-15-8-4-3-7-14(15)18-16(19)10-9-13-6-5-11-17-13/h3-4,7-8,13,17H,2,5-6,9-12H2,1H3,(H,18,19). The summed E-state index contributed by atoms with van der Waals surface area (Å²) in [7, 11) is 0. The van der Waals surface area contributed by atoms with Crippen molar-refractivity contribution in [2.24, 2.45) is 0 Å². The smallest absolute Gasteiger partial charge is 0.224 e. The van der Waals surface area contributed by atoms with E-state index in [1.54, 1.807) is 0 Å². The van der Waals surface area contributed by atoms with Crippen LogP contribution in [-0.4, -0.2) is 25.1 Å². The fourth-order valence-electron chi connectivity index (χ4n) is 2.43. The van der Waals surface area contributed by atoms with Crippen LogP contribution >= 0.6 is 0 Å². The molecule has 0 radical (unpaired) electrons. The van der Waals surface area contributed by atoms with Crippen molar-refractivity contribution in [1.29, 1.82) is 0 Å². The number of benzene rings is 1. The summed E-state index contributed by atoms with van der Waals surface area (Å²) in [5, 5.41) is 6.36. The molecule has 2 rings (SSSR count). The fraction of sp³-hybridized carbons (Fsp3) is 0.562. The van der Waals surface area contributed by atoms with E-state index < -0.39 is 0 Å². The number of anilines is 1. The minimum atomic E-state index is 0.0613. The van der Waals surface area contributed by atoms with E-state index in [2.05, 4.69) is 17.6 Å². The predicted molar refractivity (Wildman–Crippen MR) is 81.1 cm³/mol. The van der Waals surface area contributed by atoms with Gasteiger partial charge in [0.05, 0.1) is 12.3 Å². The minimum Gasteiger partial charge on any atom is -0.491 e. The Bertz CT molecular complexity index is 428. The summed E-state index contributed by atoms with van der Waals surface area (Å²) in [5.74, 6) is 0.813. The fourth-order valence-corrected chi connectivity index (χ4v) is 2.43. The maximum absolute atomic E-state index is 12.0. The van der Waals surface area contributed by atoms with Crippen LogP contribution in [0.5, 0.6) is 5.75 Å². The summed E-state index contributed by atoms with van der Waals surface area (Å²) in [6.07, 6.45) is 4.82. The van der Waals surface area contributed by atoms with E-state index in [1.165, 1.54) is 12.8 Å². The quantitative estimate of drug-likeness (QED) is 0.805. The van der Waals surface area contributed by atoms with E-state index in [9.17, 15) is 4.79 Å². The number of carbonyl (C=O) groups excluding carboxylic acids is 1. The Hall–Kier alpha value is -1.55.